The third-order valence-corrected chi connectivity index (χ3v) is 2.38. The Hall–Kier alpha value is -1.40. The second kappa shape index (κ2) is 6.36. The molecule has 0 aromatic carbocycles. The van der Waals surface area contributed by atoms with Crippen LogP contribution in [0.3, 0.4) is 0 Å². The Morgan fingerprint density at radius 1 is 1.12 bits per heavy atom. The van der Waals surface area contributed by atoms with Crippen molar-refractivity contribution in [3.8, 4) is 0 Å². The number of rotatable bonds is 6. The van der Waals surface area contributed by atoms with E-state index < -0.39 is 6.04 Å². The molecule has 0 radical (unpaired) electrons. The van der Waals surface area contributed by atoms with Crippen molar-refractivity contribution < 1.29 is 10.2 Å². The lowest BCUT2D eigenvalue weighted by molar-refractivity contribution is 0.203. The van der Waals surface area contributed by atoms with Gasteiger partial charge >= 0.3 is 0 Å². The normalized spacial score (nSPS) is 10.7. The van der Waals surface area contributed by atoms with Crippen LogP contribution < -0.4 is 10.6 Å². The Bertz CT molecular complexity index is 367. The van der Waals surface area contributed by atoms with Crippen molar-refractivity contribution >= 4 is 11.6 Å². The number of aliphatic hydroxyl groups excluding tert-OH is 2. The van der Waals surface area contributed by atoms with Crippen LogP contribution in [0.15, 0.2) is 0 Å². The van der Waals surface area contributed by atoms with Crippen LogP contribution in [0.1, 0.15) is 18.3 Å². The van der Waals surface area contributed by atoms with Gasteiger partial charge in [0.15, 0.2) is 0 Å². The topological polar surface area (TPSA) is 90.3 Å². The highest BCUT2D eigenvalue weighted by molar-refractivity contribution is 5.57. The molecule has 0 fully saturated rings. The van der Waals surface area contributed by atoms with E-state index in [1.165, 1.54) is 0 Å². The fourth-order valence-electron chi connectivity index (χ4n) is 1.45. The van der Waals surface area contributed by atoms with Crippen molar-refractivity contribution in [1.29, 1.82) is 0 Å². The molecule has 0 bridgehead atoms. The highest BCUT2D eigenvalue weighted by Gasteiger charge is 2.12. The summed E-state index contributed by atoms with van der Waals surface area (Å²) < 4.78 is 0. The van der Waals surface area contributed by atoms with Gasteiger partial charge in [-0.3, -0.25) is 0 Å². The van der Waals surface area contributed by atoms with Gasteiger partial charge in [0.1, 0.15) is 17.5 Å². The molecule has 1 aromatic rings. The molecule has 1 heterocycles. The predicted molar refractivity (Wildman–Crippen MR) is 67.3 cm³/mol. The number of nitrogens with zero attached hydrogens (tertiary/aromatic N) is 2. The molecule has 0 aliphatic carbocycles. The first-order chi connectivity index (χ1) is 8.12. The van der Waals surface area contributed by atoms with Gasteiger partial charge in [0, 0.05) is 12.1 Å². The molecule has 0 aliphatic rings. The van der Waals surface area contributed by atoms with Gasteiger partial charge in [-0.1, -0.05) is 0 Å². The summed E-state index contributed by atoms with van der Waals surface area (Å²) in [6, 6.07) is -0.405. The molecular weight excluding hydrogens is 220 g/mol. The Labute approximate surface area is 101 Å². The van der Waals surface area contributed by atoms with E-state index in [-0.39, 0.29) is 13.2 Å². The molecule has 0 atom stereocenters. The summed E-state index contributed by atoms with van der Waals surface area (Å²) in [7, 11) is 0. The zero-order valence-electron chi connectivity index (χ0n) is 10.5. The molecule has 96 valence electrons. The van der Waals surface area contributed by atoms with E-state index in [2.05, 4.69) is 20.6 Å². The standard InChI is InChI=1S/C11H20N4O2/c1-4-12-10-7(2)11(14-8(3)13-10)15-9(5-16)6-17/h9,16-17H,4-6H2,1-3H3,(H2,12,13,14,15). The lowest BCUT2D eigenvalue weighted by Gasteiger charge is -2.18. The van der Waals surface area contributed by atoms with Crippen molar-refractivity contribution in [2.45, 2.75) is 26.8 Å². The van der Waals surface area contributed by atoms with Gasteiger partial charge in [0.05, 0.1) is 19.3 Å². The summed E-state index contributed by atoms with van der Waals surface area (Å²) in [5.41, 5.74) is 0.879. The Morgan fingerprint density at radius 2 is 1.71 bits per heavy atom. The maximum absolute atomic E-state index is 9.04. The van der Waals surface area contributed by atoms with E-state index in [1.807, 2.05) is 13.8 Å². The monoisotopic (exact) mass is 240 g/mol. The quantitative estimate of drug-likeness (QED) is 0.571. The third kappa shape index (κ3) is 3.54. The maximum Gasteiger partial charge on any atom is 0.135 e. The molecule has 4 N–H and O–H groups in total. The summed E-state index contributed by atoms with van der Waals surface area (Å²) in [6.07, 6.45) is 0. The van der Waals surface area contributed by atoms with Gasteiger partial charge in [-0.25, -0.2) is 9.97 Å². The van der Waals surface area contributed by atoms with Crippen molar-refractivity contribution in [2.24, 2.45) is 0 Å². The number of aliphatic hydroxyl groups is 2. The molecule has 0 spiro atoms. The van der Waals surface area contributed by atoms with E-state index in [1.54, 1.807) is 6.92 Å². The van der Waals surface area contributed by atoms with Crippen LogP contribution >= 0.6 is 0 Å². The molecule has 0 unspecified atom stereocenters. The fraction of sp³-hybridized carbons (Fsp3) is 0.636. The number of anilines is 2. The fourth-order valence-corrected chi connectivity index (χ4v) is 1.45. The number of hydrogen-bond acceptors (Lipinski definition) is 6. The van der Waals surface area contributed by atoms with E-state index in [4.69, 9.17) is 10.2 Å². The van der Waals surface area contributed by atoms with Gasteiger partial charge in [0.2, 0.25) is 0 Å². The summed E-state index contributed by atoms with van der Waals surface area (Å²) in [5.74, 6) is 2.06. The first kappa shape index (κ1) is 13.7. The van der Waals surface area contributed by atoms with Crippen molar-refractivity contribution in [3.63, 3.8) is 0 Å². The molecule has 6 nitrogen and oxygen atoms in total. The Balaban J connectivity index is 2.98. The van der Waals surface area contributed by atoms with Gasteiger partial charge < -0.3 is 20.8 Å². The molecule has 1 aromatic heterocycles. The van der Waals surface area contributed by atoms with Gasteiger partial charge in [-0.05, 0) is 20.8 Å². The van der Waals surface area contributed by atoms with Crippen molar-refractivity contribution in [2.75, 3.05) is 30.4 Å². The highest BCUT2D eigenvalue weighted by Crippen LogP contribution is 2.20. The molecule has 1 rings (SSSR count). The average Bonchev–Trinajstić information content (AvgIpc) is 2.31. The van der Waals surface area contributed by atoms with Crippen LogP contribution in [0.4, 0.5) is 11.6 Å². The van der Waals surface area contributed by atoms with Crippen molar-refractivity contribution in [3.05, 3.63) is 11.4 Å². The lowest BCUT2D eigenvalue weighted by Crippen LogP contribution is -2.29. The van der Waals surface area contributed by atoms with Crippen LogP contribution in [0, 0.1) is 13.8 Å². The molecule has 0 saturated carbocycles. The lowest BCUT2D eigenvalue weighted by atomic mass is 10.2. The second-order valence-electron chi connectivity index (χ2n) is 3.83. The molecule has 0 amide bonds. The first-order valence-corrected chi connectivity index (χ1v) is 5.69. The summed E-state index contributed by atoms with van der Waals surface area (Å²) in [4.78, 5) is 8.56. The Kier molecular flexibility index (Phi) is 5.11. The SMILES string of the molecule is CCNc1nc(C)nc(NC(CO)CO)c1C. The molecule has 17 heavy (non-hydrogen) atoms. The average molecular weight is 240 g/mol. The predicted octanol–water partition coefficient (Wildman–Crippen LogP) is 0.290. The van der Waals surface area contributed by atoms with E-state index in [0.29, 0.717) is 11.6 Å². The van der Waals surface area contributed by atoms with Crippen LogP contribution in [0.2, 0.25) is 0 Å². The summed E-state index contributed by atoms with van der Waals surface area (Å²) >= 11 is 0. The largest absolute Gasteiger partial charge is 0.394 e. The summed E-state index contributed by atoms with van der Waals surface area (Å²) in [5, 5.41) is 24.2. The van der Waals surface area contributed by atoms with Crippen LogP contribution in [0.5, 0.6) is 0 Å². The molecule has 6 heteroatoms. The van der Waals surface area contributed by atoms with Crippen molar-refractivity contribution in [1.82, 2.24) is 9.97 Å². The third-order valence-electron chi connectivity index (χ3n) is 2.38. The zero-order valence-corrected chi connectivity index (χ0v) is 10.5. The van der Waals surface area contributed by atoms with E-state index in [0.717, 1.165) is 17.9 Å². The molecular formula is C11H20N4O2. The van der Waals surface area contributed by atoms with Gasteiger partial charge in [0.25, 0.3) is 0 Å². The minimum Gasteiger partial charge on any atom is -0.394 e. The van der Waals surface area contributed by atoms with Crippen LogP contribution in [-0.2, 0) is 0 Å². The van der Waals surface area contributed by atoms with Crippen LogP contribution in [0.25, 0.3) is 0 Å². The molecule has 0 aliphatic heterocycles. The van der Waals surface area contributed by atoms with E-state index >= 15 is 0 Å². The first-order valence-electron chi connectivity index (χ1n) is 5.69. The van der Waals surface area contributed by atoms with Crippen LogP contribution in [-0.4, -0.2) is 46.0 Å². The number of aromatic nitrogens is 2. The highest BCUT2D eigenvalue weighted by atomic mass is 16.3. The number of aryl methyl sites for hydroxylation is 1. The zero-order chi connectivity index (χ0) is 12.8. The maximum atomic E-state index is 9.04. The summed E-state index contributed by atoms with van der Waals surface area (Å²) in [6.45, 7) is 6.18. The smallest absolute Gasteiger partial charge is 0.135 e. The molecule has 0 saturated heterocycles. The minimum atomic E-state index is -0.405. The second-order valence-corrected chi connectivity index (χ2v) is 3.83. The number of hydrogen-bond donors (Lipinski definition) is 4. The number of nitrogens with one attached hydrogen (secondary N) is 2. The Morgan fingerprint density at radius 3 is 2.24 bits per heavy atom. The van der Waals surface area contributed by atoms with Gasteiger partial charge in [-0.2, -0.15) is 0 Å². The van der Waals surface area contributed by atoms with E-state index in [9.17, 15) is 0 Å². The van der Waals surface area contributed by atoms with Gasteiger partial charge in [-0.15, -0.1) is 0 Å². The minimum absolute atomic E-state index is 0.143.